The molecule has 3 aromatic rings. The number of benzene rings is 1. The third-order valence-electron chi connectivity index (χ3n) is 6.17. The van der Waals surface area contributed by atoms with E-state index in [9.17, 15) is 14.4 Å². The van der Waals surface area contributed by atoms with E-state index in [-0.39, 0.29) is 23.8 Å². The molecule has 2 aliphatic heterocycles. The molecule has 1 fully saturated rings. The summed E-state index contributed by atoms with van der Waals surface area (Å²) in [5.41, 5.74) is 0.467. The highest BCUT2D eigenvalue weighted by Gasteiger charge is 2.60. The topological polar surface area (TPSA) is 113 Å². The molecule has 1 aromatic carbocycles. The molecule has 2 aliphatic rings. The van der Waals surface area contributed by atoms with E-state index in [1.807, 2.05) is 42.1 Å². The van der Waals surface area contributed by atoms with Gasteiger partial charge in [-0.1, -0.05) is 18.2 Å². The number of carbonyl (C=O) groups is 2. The van der Waals surface area contributed by atoms with E-state index >= 15 is 0 Å². The molecule has 2 atom stereocenters. The van der Waals surface area contributed by atoms with Crippen molar-refractivity contribution in [1.29, 1.82) is 0 Å². The number of aromatic nitrogens is 3. The Morgan fingerprint density at radius 3 is 2.90 bits per heavy atom. The Hall–Kier alpha value is -3.62. The summed E-state index contributed by atoms with van der Waals surface area (Å²) in [4.78, 5) is 44.0. The van der Waals surface area contributed by atoms with Crippen molar-refractivity contribution in [3.8, 4) is 0 Å². The second-order valence-corrected chi connectivity index (χ2v) is 7.79. The molecule has 2 amide bonds. The molecule has 30 heavy (non-hydrogen) atoms. The van der Waals surface area contributed by atoms with E-state index < -0.39 is 11.5 Å². The van der Waals surface area contributed by atoms with Crippen LogP contribution in [0.1, 0.15) is 36.0 Å². The van der Waals surface area contributed by atoms with E-state index in [0.29, 0.717) is 31.0 Å². The van der Waals surface area contributed by atoms with E-state index in [1.54, 1.807) is 11.1 Å². The fourth-order valence-corrected chi connectivity index (χ4v) is 4.77. The lowest BCUT2D eigenvalue weighted by molar-refractivity contribution is -0.133. The minimum atomic E-state index is -0.883. The summed E-state index contributed by atoms with van der Waals surface area (Å²) in [5.74, 6) is 0.880. The Labute approximate surface area is 171 Å². The fraction of sp³-hybridized carbons (Fsp3) is 0.333. The van der Waals surface area contributed by atoms with Gasteiger partial charge in [-0.2, -0.15) is 5.16 Å². The second-order valence-electron chi connectivity index (χ2n) is 7.79. The van der Waals surface area contributed by atoms with Gasteiger partial charge in [0, 0.05) is 50.6 Å². The first-order valence-corrected chi connectivity index (χ1v) is 9.86. The van der Waals surface area contributed by atoms with Crippen molar-refractivity contribution >= 4 is 17.5 Å². The van der Waals surface area contributed by atoms with Gasteiger partial charge in [0.2, 0.25) is 11.8 Å². The third-order valence-corrected chi connectivity index (χ3v) is 6.17. The zero-order valence-corrected chi connectivity index (χ0v) is 16.4. The molecule has 1 spiro atoms. The summed E-state index contributed by atoms with van der Waals surface area (Å²) < 4.78 is 6.92. The van der Waals surface area contributed by atoms with E-state index in [4.69, 9.17) is 4.52 Å². The highest BCUT2D eigenvalue weighted by atomic mass is 16.5. The third kappa shape index (κ3) is 2.62. The molecular formula is C21H21N5O4. The van der Waals surface area contributed by atoms with Crippen molar-refractivity contribution in [2.75, 3.05) is 11.9 Å². The maximum Gasteiger partial charge on any atom is 0.280 e. The number of nitrogens with zero attached hydrogens (tertiary/aromatic N) is 3. The fourth-order valence-electron chi connectivity index (χ4n) is 4.77. The van der Waals surface area contributed by atoms with Crippen molar-refractivity contribution in [3.05, 3.63) is 70.2 Å². The van der Waals surface area contributed by atoms with E-state index in [1.165, 1.54) is 6.07 Å². The number of hydrogen-bond donors (Lipinski definition) is 2. The number of aromatic amines is 1. The number of H-pyrrole nitrogens is 1. The van der Waals surface area contributed by atoms with Crippen molar-refractivity contribution in [1.82, 2.24) is 19.6 Å². The number of fused-ring (bicyclic) bond motifs is 2. The van der Waals surface area contributed by atoms with Gasteiger partial charge in [0.25, 0.3) is 5.56 Å². The Morgan fingerprint density at radius 2 is 2.17 bits per heavy atom. The summed E-state index contributed by atoms with van der Waals surface area (Å²) >= 11 is 0. The van der Waals surface area contributed by atoms with Crippen LogP contribution in [0, 0.1) is 0 Å². The van der Waals surface area contributed by atoms with Gasteiger partial charge in [-0.3, -0.25) is 14.4 Å². The minimum Gasteiger partial charge on any atom is -0.384 e. The quantitative estimate of drug-likeness (QED) is 0.680. The molecule has 154 valence electrons. The number of likely N-dealkylation sites (tertiary alicyclic amines) is 1. The summed E-state index contributed by atoms with van der Waals surface area (Å²) in [7, 11) is 1.87. The van der Waals surface area contributed by atoms with Crippen LogP contribution in [0.3, 0.4) is 0 Å². The maximum atomic E-state index is 13.3. The second kappa shape index (κ2) is 6.72. The van der Waals surface area contributed by atoms with E-state index in [2.05, 4.69) is 15.5 Å². The first-order chi connectivity index (χ1) is 14.5. The predicted molar refractivity (Wildman–Crippen MR) is 107 cm³/mol. The molecule has 0 unspecified atom stereocenters. The SMILES string of the molecule is Cn1ccnc1[C@@H]1N(C(=O)CCc2cc(=O)[nH]o2)CC[C@]12C(=O)Nc1ccccc12. The van der Waals surface area contributed by atoms with Gasteiger partial charge in [0.1, 0.15) is 23.0 Å². The van der Waals surface area contributed by atoms with Crippen LogP contribution in [0.15, 0.2) is 52.0 Å². The van der Waals surface area contributed by atoms with Crippen LogP contribution in [0.4, 0.5) is 5.69 Å². The van der Waals surface area contributed by atoms with Crippen molar-refractivity contribution in [3.63, 3.8) is 0 Å². The molecule has 0 aliphatic carbocycles. The Bertz CT molecular complexity index is 1190. The summed E-state index contributed by atoms with van der Waals surface area (Å²) in [6.07, 6.45) is 4.48. The minimum absolute atomic E-state index is 0.108. The van der Waals surface area contributed by atoms with Gasteiger partial charge in [0.05, 0.1) is 0 Å². The van der Waals surface area contributed by atoms with Gasteiger partial charge >= 0.3 is 0 Å². The number of anilines is 1. The highest BCUT2D eigenvalue weighted by Crippen LogP contribution is 2.54. The normalized spacial score (nSPS) is 22.5. The number of carbonyl (C=O) groups excluding carboxylic acids is 2. The molecule has 1 saturated heterocycles. The van der Waals surface area contributed by atoms with E-state index in [0.717, 1.165) is 11.3 Å². The van der Waals surface area contributed by atoms with Gasteiger partial charge in [-0.25, -0.2) is 4.98 Å². The molecule has 2 N–H and O–H groups in total. The summed E-state index contributed by atoms with van der Waals surface area (Å²) in [6, 6.07) is 8.45. The average Bonchev–Trinajstić information content (AvgIpc) is 3.49. The maximum absolute atomic E-state index is 13.3. The van der Waals surface area contributed by atoms with Gasteiger partial charge < -0.3 is 19.3 Å². The smallest absolute Gasteiger partial charge is 0.280 e. The van der Waals surface area contributed by atoms with Crippen molar-refractivity contribution in [2.24, 2.45) is 7.05 Å². The molecule has 0 saturated carbocycles. The molecule has 5 rings (SSSR count). The lowest BCUT2D eigenvalue weighted by Gasteiger charge is -2.33. The monoisotopic (exact) mass is 407 g/mol. The van der Waals surface area contributed by atoms with Gasteiger partial charge in [-0.15, -0.1) is 0 Å². The number of rotatable bonds is 4. The largest absolute Gasteiger partial charge is 0.384 e. The number of aryl methyl sites for hydroxylation is 2. The van der Waals surface area contributed by atoms with Crippen LogP contribution in [-0.4, -0.2) is 38.0 Å². The molecular weight excluding hydrogens is 386 g/mol. The standard InChI is InChI=1S/C21H21N5O4/c1-25-11-9-22-19(25)18-21(14-4-2-3-5-15(14)23-20(21)29)8-10-26(18)17(28)7-6-13-12-16(27)24-30-13/h2-5,9,11-12,18H,6-8,10H2,1H3,(H,23,29)(H,24,27)/t18-,21+/m0/s1. The lowest BCUT2D eigenvalue weighted by atomic mass is 9.74. The van der Waals surface area contributed by atoms with Crippen molar-refractivity contribution < 1.29 is 14.1 Å². The number of hydrogen-bond acceptors (Lipinski definition) is 5. The zero-order chi connectivity index (χ0) is 20.9. The van der Waals surface area contributed by atoms with Crippen LogP contribution < -0.4 is 10.9 Å². The van der Waals surface area contributed by atoms with Gasteiger partial charge in [0.15, 0.2) is 0 Å². The molecule has 0 radical (unpaired) electrons. The van der Waals surface area contributed by atoms with Gasteiger partial charge in [-0.05, 0) is 18.1 Å². The highest BCUT2D eigenvalue weighted by molar-refractivity contribution is 6.07. The van der Waals surface area contributed by atoms with Crippen LogP contribution in [-0.2, 0) is 28.5 Å². The zero-order valence-electron chi connectivity index (χ0n) is 16.4. The average molecular weight is 407 g/mol. The molecule has 4 heterocycles. The Kier molecular flexibility index (Phi) is 4.12. The molecule has 9 heteroatoms. The molecule has 0 bridgehead atoms. The predicted octanol–water partition coefficient (Wildman–Crippen LogP) is 1.50. The first-order valence-electron chi connectivity index (χ1n) is 9.86. The van der Waals surface area contributed by atoms with Crippen LogP contribution in [0.5, 0.6) is 0 Å². The first kappa shape index (κ1) is 18.4. The van der Waals surface area contributed by atoms with Crippen molar-refractivity contribution in [2.45, 2.75) is 30.7 Å². The number of nitrogens with one attached hydrogen (secondary N) is 2. The molecule has 9 nitrogen and oxygen atoms in total. The summed E-state index contributed by atoms with van der Waals surface area (Å²) in [6.45, 7) is 0.440. The number of imidazole rings is 1. The summed E-state index contributed by atoms with van der Waals surface area (Å²) in [5, 5.41) is 5.23. The number of amides is 2. The Balaban J connectivity index is 1.53. The Morgan fingerprint density at radius 1 is 1.33 bits per heavy atom. The number of para-hydroxylation sites is 1. The van der Waals surface area contributed by atoms with Crippen LogP contribution in [0.2, 0.25) is 0 Å². The van der Waals surface area contributed by atoms with Crippen LogP contribution in [0.25, 0.3) is 0 Å². The lowest BCUT2D eigenvalue weighted by Crippen LogP contribution is -2.43. The van der Waals surface area contributed by atoms with Crippen LogP contribution >= 0.6 is 0 Å². The molecule has 2 aromatic heterocycles.